The van der Waals surface area contributed by atoms with Crippen LogP contribution in [-0.2, 0) is 16.4 Å². The lowest BCUT2D eigenvalue weighted by atomic mass is 10.1. The van der Waals surface area contributed by atoms with Crippen LogP contribution in [0.25, 0.3) is 0 Å². The number of sulfonamides is 1. The van der Waals surface area contributed by atoms with Gasteiger partial charge in [0.25, 0.3) is 0 Å². The van der Waals surface area contributed by atoms with Crippen molar-refractivity contribution in [1.29, 1.82) is 0 Å². The molecular weight excluding hydrogens is 278 g/mol. The van der Waals surface area contributed by atoms with Gasteiger partial charge in [-0.3, -0.25) is 0 Å². The van der Waals surface area contributed by atoms with E-state index in [0.29, 0.717) is 18.2 Å². The van der Waals surface area contributed by atoms with Crippen LogP contribution >= 0.6 is 0 Å². The highest BCUT2D eigenvalue weighted by Crippen LogP contribution is 2.09. The van der Waals surface area contributed by atoms with Crippen molar-refractivity contribution in [3.8, 4) is 0 Å². The zero-order valence-corrected chi connectivity index (χ0v) is 11.5. The third kappa shape index (κ3) is 3.90. The molecule has 20 heavy (non-hydrogen) atoms. The molecule has 1 aromatic carbocycles. The molecule has 8 heteroatoms. The van der Waals surface area contributed by atoms with Crippen molar-refractivity contribution < 1.29 is 8.42 Å². The van der Waals surface area contributed by atoms with Crippen molar-refractivity contribution in [1.82, 2.24) is 10.2 Å². The van der Waals surface area contributed by atoms with E-state index in [1.165, 1.54) is 12.1 Å². The Labute approximate surface area is 117 Å². The molecule has 1 aromatic heterocycles. The van der Waals surface area contributed by atoms with Crippen LogP contribution in [0.4, 0.5) is 11.6 Å². The van der Waals surface area contributed by atoms with Crippen molar-refractivity contribution in [3.63, 3.8) is 0 Å². The fourth-order valence-corrected chi connectivity index (χ4v) is 2.13. The number of nitrogens with zero attached hydrogens (tertiary/aromatic N) is 2. The van der Waals surface area contributed by atoms with Gasteiger partial charge >= 0.3 is 0 Å². The van der Waals surface area contributed by atoms with Crippen molar-refractivity contribution in [3.05, 3.63) is 42.0 Å². The van der Waals surface area contributed by atoms with Crippen molar-refractivity contribution in [2.24, 2.45) is 5.14 Å². The van der Waals surface area contributed by atoms with Gasteiger partial charge < -0.3 is 11.1 Å². The van der Waals surface area contributed by atoms with Crippen molar-refractivity contribution in [2.45, 2.75) is 11.3 Å². The maximum Gasteiger partial charge on any atom is 0.238 e. The Bertz CT molecular complexity index is 668. The minimum atomic E-state index is -3.63. The molecule has 0 aliphatic rings. The number of nitrogens with one attached hydrogen (secondary N) is 1. The summed E-state index contributed by atoms with van der Waals surface area (Å²) in [5.41, 5.74) is 6.43. The number of aromatic nitrogens is 2. The van der Waals surface area contributed by atoms with Gasteiger partial charge in [-0.25, -0.2) is 13.6 Å². The van der Waals surface area contributed by atoms with Gasteiger partial charge in [0.05, 0.1) is 4.90 Å². The molecule has 106 valence electrons. The summed E-state index contributed by atoms with van der Waals surface area (Å²) in [6, 6.07) is 9.86. The Hall–Kier alpha value is -2.19. The fraction of sp³-hybridized carbons (Fsp3) is 0.167. The van der Waals surface area contributed by atoms with Gasteiger partial charge in [-0.05, 0) is 36.2 Å². The van der Waals surface area contributed by atoms with Crippen LogP contribution in [0.15, 0.2) is 41.3 Å². The van der Waals surface area contributed by atoms with Crippen molar-refractivity contribution >= 4 is 21.7 Å². The predicted molar refractivity (Wildman–Crippen MR) is 76.5 cm³/mol. The van der Waals surface area contributed by atoms with Crippen LogP contribution in [-0.4, -0.2) is 25.2 Å². The summed E-state index contributed by atoms with van der Waals surface area (Å²) in [5, 5.41) is 15.7. The number of hydrogen-bond donors (Lipinski definition) is 3. The summed E-state index contributed by atoms with van der Waals surface area (Å²) < 4.78 is 22.2. The fourth-order valence-electron chi connectivity index (χ4n) is 1.62. The smallest absolute Gasteiger partial charge is 0.238 e. The van der Waals surface area contributed by atoms with E-state index in [1.807, 2.05) is 0 Å². The first kappa shape index (κ1) is 14.2. The van der Waals surface area contributed by atoms with Gasteiger partial charge in [0.2, 0.25) is 10.0 Å². The van der Waals surface area contributed by atoms with E-state index < -0.39 is 10.0 Å². The Morgan fingerprint density at radius 3 is 2.30 bits per heavy atom. The summed E-state index contributed by atoms with van der Waals surface area (Å²) in [4.78, 5) is 0.110. The van der Waals surface area contributed by atoms with Gasteiger partial charge in [0, 0.05) is 6.54 Å². The number of anilines is 2. The van der Waals surface area contributed by atoms with E-state index in [2.05, 4.69) is 15.5 Å². The number of primary sulfonamides is 1. The minimum absolute atomic E-state index is 0.110. The monoisotopic (exact) mass is 293 g/mol. The van der Waals surface area contributed by atoms with Gasteiger partial charge in [-0.1, -0.05) is 12.1 Å². The molecule has 2 rings (SSSR count). The number of rotatable bonds is 5. The van der Waals surface area contributed by atoms with Crippen LogP contribution in [0, 0.1) is 0 Å². The molecule has 0 saturated carbocycles. The average molecular weight is 293 g/mol. The van der Waals surface area contributed by atoms with Crippen LogP contribution in [0.2, 0.25) is 0 Å². The summed E-state index contributed by atoms with van der Waals surface area (Å²) in [6.45, 7) is 0.646. The topological polar surface area (TPSA) is 124 Å². The van der Waals surface area contributed by atoms with Gasteiger partial charge in [0.15, 0.2) is 0 Å². The van der Waals surface area contributed by atoms with Crippen LogP contribution in [0.5, 0.6) is 0 Å². The number of hydrogen-bond acceptors (Lipinski definition) is 6. The lowest BCUT2D eigenvalue weighted by Crippen LogP contribution is -2.12. The molecule has 0 aliphatic heterocycles. The highest BCUT2D eigenvalue weighted by molar-refractivity contribution is 7.89. The average Bonchev–Trinajstić information content (AvgIpc) is 2.41. The van der Waals surface area contributed by atoms with E-state index in [4.69, 9.17) is 10.9 Å². The zero-order chi connectivity index (χ0) is 14.6. The zero-order valence-electron chi connectivity index (χ0n) is 10.7. The Morgan fingerprint density at radius 2 is 1.75 bits per heavy atom. The second-order valence-corrected chi connectivity index (χ2v) is 5.77. The normalized spacial score (nSPS) is 11.2. The molecule has 2 aromatic rings. The molecule has 0 atom stereocenters. The quantitative estimate of drug-likeness (QED) is 0.731. The second kappa shape index (κ2) is 5.85. The number of nitrogen functional groups attached to an aromatic ring is 1. The standard InChI is InChI=1S/C12H15N5O2S/c13-11-5-6-12(17-16-11)15-8-7-9-1-3-10(4-2-9)20(14,18)19/h1-6H,7-8H2,(H2,13,16)(H,15,17)(H2,14,18,19). The highest BCUT2D eigenvalue weighted by atomic mass is 32.2. The summed E-state index contributed by atoms with van der Waals surface area (Å²) in [6.07, 6.45) is 0.719. The van der Waals surface area contributed by atoms with E-state index in [-0.39, 0.29) is 4.90 Å². The Kier molecular flexibility index (Phi) is 4.16. The second-order valence-electron chi connectivity index (χ2n) is 4.21. The first-order chi connectivity index (χ1) is 9.45. The van der Waals surface area contributed by atoms with Gasteiger partial charge in [0.1, 0.15) is 11.6 Å². The summed E-state index contributed by atoms with van der Waals surface area (Å²) in [7, 11) is -3.63. The number of benzene rings is 1. The van der Waals surface area contributed by atoms with Crippen LogP contribution in [0.1, 0.15) is 5.56 Å². The maximum absolute atomic E-state index is 11.1. The first-order valence-electron chi connectivity index (χ1n) is 5.90. The summed E-state index contributed by atoms with van der Waals surface area (Å²) >= 11 is 0. The molecular formula is C12H15N5O2S. The largest absolute Gasteiger partial charge is 0.382 e. The van der Waals surface area contributed by atoms with Crippen LogP contribution < -0.4 is 16.2 Å². The highest BCUT2D eigenvalue weighted by Gasteiger charge is 2.06. The molecule has 0 fully saturated rings. The minimum Gasteiger partial charge on any atom is -0.382 e. The first-order valence-corrected chi connectivity index (χ1v) is 7.44. The molecule has 0 aliphatic carbocycles. The van der Waals surface area contributed by atoms with Crippen LogP contribution in [0.3, 0.4) is 0 Å². The number of nitrogens with two attached hydrogens (primary N) is 2. The molecule has 5 N–H and O–H groups in total. The van der Waals surface area contributed by atoms with Gasteiger partial charge in [-0.2, -0.15) is 0 Å². The SMILES string of the molecule is Nc1ccc(NCCc2ccc(S(N)(=O)=O)cc2)nn1. The molecule has 0 bridgehead atoms. The van der Waals surface area contributed by atoms with E-state index in [0.717, 1.165) is 12.0 Å². The molecule has 0 saturated heterocycles. The summed E-state index contributed by atoms with van der Waals surface area (Å²) in [5.74, 6) is 1.01. The molecule has 0 unspecified atom stereocenters. The molecule has 7 nitrogen and oxygen atoms in total. The lowest BCUT2D eigenvalue weighted by Gasteiger charge is -2.05. The third-order valence-electron chi connectivity index (χ3n) is 2.66. The molecule has 1 heterocycles. The Balaban J connectivity index is 1.90. The lowest BCUT2D eigenvalue weighted by molar-refractivity contribution is 0.598. The third-order valence-corrected chi connectivity index (χ3v) is 3.59. The molecule has 0 radical (unpaired) electrons. The van der Waals surface area contributed by atoms with E-state index >= 15 is 0 Å². The van der Waals surface area contributed by atoms with E-state index in [9.17, 15) is 8.42 Å². The molecule has 0 amide bonds. The predicted octanol–water partition coefficient (Wildman–Crippen LogP) is 0.361. The van der Waals surface area contributed by atoms with Crippen molar-refractivity contribution in [2.75, 3.05) is 17.6 Å². The maximum atomic E-state index is 11.1. The van der Waals surface area contributed by atoms with Gasteiger partial charge in [-0.15, -0.1) is 10.2 Å². The Morgan fingerprint density at radius 1 is 1.05 bits per heavy atom. The molecule has 0 spiro atoms. The van der Waals surface area contributed by atoms with E-state index in [1.54, 1.807) is 24.3 Å².